The van der Waals surface area contributed by atoms with Gasteiger partial charge in [0.15, 0.2) is 0 Å². The van der Waals surface area contributed by atoms with Crippen molar-refractivity contribution >= 4 is 29.3 Å². The molecule has 1 aromatic carbocycles. The van der Waals surface area contributed by atoms with Crippen LogP contribution in [0.1, 0.15) is 22.8 Å². The lowest BCUT2D eigenvalue weighted by Gasteiger charge is -2.09. The van der Waals surface area contributed by atoms with E-state index in [1.165, 1.54) is 17.8 Å². The van der Waals surface area contributed by atoms with E-state index in [-0.39, 0.29) is 17.3 Å². The standard InChI is InChI=1S/C13H12ClN3O3/c1-8(18)16-12-11(13(19)20)6-15-17(12)7-9-2-4-10(14)5-3-9/h2-6H,7H2,1H3,(H,16,18)(H,19,20). The van der Waals surface area contributed by atoms with Gasteiger partial charge in [-0.3, -0.25) is 4.79 Å². The van der Waals surface area contributed by atoms with Crippen molar-refractivity contribution in [3.05, 3.63) is 46.6 Å². The molecule has 0 saturated heterocycles. The molecule has 104 valence electrons. The van der Waals surface area contributed by atoms with Crippen LogP contribution in [0, 0.1) is 0 Å². The van der Waals surface area contributed by atoms with E-state index in [0.29, 0.717) is 11.6 Å². The predicted octanol–water partition coefficient (Wildman–Crippen LogP) is 2.24. The van der Waals surface area contributed by atoms with Crippen LogP contribution in [0.25, 0.3) is 0 Å². The van der Waals surface area contributed by atoms with Crippen molar-refractivity contribution in [2.75, 3.05) is 5.32 Å². The average Bonchev–Trinajstić information content (AvgIpc) is 2.75. The van der Waals surface area contributed by atoms with Gasteiger partial charge in [-0.1, -0.05) is 23.7 Å². The molecular formula is C13H12ClN3O3. The number of anilines is 1. The van der Waals surface area contributed by atoms with Crippen LogP contribution < -0.4 is 5.32 Å². The first-order chi connectivity index (χ1) is 9.47. The van der Waals surface area contributed by atoms with Gasteiger partial charge < -0.3 is 10.4 Å². The van der Waals surface area contributed by atoms with E-state index >= 15 is 0 Å². The number of nitrogens with zero attached hydrogens (tertiary/aromatic N) is 2. The molecule has 2 N–H and O–H groups in total. The fourth-order valence-electron chi connectivity index (χ4n) is 1.72. The Hall–Kier alpha value is -2.34. The first kappa shape index (κ1) is 14.1. The first-order valence-corrected chi connectivity index (χ1v) is 6.16. The van der Waals surface area contributed by atoms with Crippen LogP contribution in [-0.4, -0.2) is 26.8 Å². The summed E-state index contributed by atoms with van der Waals surface area (Å²) < 4.78 is 1.42. The fraction of sp³-hybridized carbons (Fsp3) is 0.154. The summed E-state index contributed by atoms with van der Waals surface area (Å²) in [7, 11) is 0. The molecule has 20 heavy (non-hydrogen) atoms. The van der Waals surface area contributed by atoms with Gasteiger partial charge in [-0.2, -0.15) is 5.10 Å². The SMILES string of the molecule is CC(=O)Nc1c(C(=O)O)cnn1Cc1ccc(Cl)cc1. The van der Waals surface area contributed by atoms with Crippen LogP contribution in [0.2, 0.25) is 5.02 Å². The van der Waals surface area contributed by atoms with E-state index in [4.69, 9.17) is 16.7 Å². The molecule has 2 rings (SSSR count). The summed E-state index contributed by atoms with van der Waals surface area (Å²) in [5.74, 6) is -1.33. The Bertz CT molecular complexity index is 649. The predicted molar refractivity (Wildman–Crippen MR) is 74.0 cm³/mol. The second-order valence-electron chi connectivity index (χ2n) is 4.18. The van der Waals surface area contributed by atoms with Crippen LogP contribution in [0.5, 0.6) is 0 Å². The highest BCUT2D eigenvalue weighted by Crippen LogP contribution is 2.18. The normalized spacial score (nSPS) is 10.3. The highest BCUT2D eigenvalue weighted by molar-refractivity contribution is 6.30. The smallest absolute Gasteiger partial charge is 0.341 e. The highest BCUT2D eigenvalue weighted by atomic mass is 35.5. The molecule has 0 aliphatic carbocycles. The largest absolute Gasteiger partial charge is 0.477 e. The van der Waals surface area contributed by atoms with Crippen LogP contribution in [-0.2, 0) is 11.3 Å². The maximum atomic E-state index is 11.2. The molecule has 0 radical (unpaired) electrons. The van der Waals surface area contributed by atoms with E-state index in [1.807, 2.05) is 12.1 Å². The number of carboxylic acid groups (broad SMARTS) is 1. The summed E-state index contributed by atoms with van der Waals surface area (Å²) in [6, 6.07) is 7.08. The van der Waals surface area contributed by atoms with Crippen molar-refractivity contribution in [1.29, 1.82) is 0 Å². The Kier molecular flexibility index (Phi) is 4.05. The molecule has 0 aliphatic rings. The molecule has 1 aromatic heterocycles. The summed E-state index contributed by atoms with van der Waals surface area (Å²) in [6.45, 7) is 1.64. The van der Waals surface area contributed by atoms with Crippen molar-refractivity contribution in [2.45, 2.75) is 13.5 Å². The summed E-state index contributed by atoms with van der Waals surface area (Å²) >= 11 is 5.80. The number of nitrogens with one attached hydrogen (secondary N) is 1. The quantitative estimate of drug-likeness (QED) is 0.905. The van der Waals surface area contributed by atoms with E-state index < -0.39 is 5.97 Å². The third kappa shape index (κ3) is 3.16. The van der Waals surface area contributed by atoms with E-state index in [2.05, 4.69) is 10.4 Å². The molecule has 7 heteroatoms. The van der Waals surface area contributed by atoms with Crippen molar-refractivity contribution in [1.82, 2.24) is 9.78 Å². The van der Waals surface area contributed by atoms with Gasteiger partial charge in [0.2, 0.25) is 5.91 Å². The second-order valence-corrected chi connectivity index (χ2v) is 4.61. The Labute approximate surface area is 120 Å². The number of hydrogen-bond acceptors (Lipinski definition) is 3. The number of carbonyl (C=O) groups is 2. The lowest BCUT2D eigenvalue weighted by molar-refractivity contribution is -0.114. The number of rotatable bonds is 4. The van der Waals surface area contributed by atoms with Gasteiger partial charge in [-0.15, -0.1) is 0 Å². The van der Waals surface area contributed by atoms with Crippen LogP contribution in [0.4, 0.5) is 5.82 Å². The molecule has 2 aromatic rings. The summed E-state index contributed by atoms with van der Waals surface area (Å²) in [6.07, 6.45) is 1.21. The van der Waals surface area contributed by atoms with Crippen molar-refractivity contribution < 1.29 is 14.7 Å². The number of aromatic nitrogens is 2. The van der Waals surface area contributed by atoms with Crippen LogP contribution in [0.3, 0.4) is 0 Å². The topological polar surface area (TPSA) is 84.2 Å². The zero-order chi connectivity index (χ0) is 14.7. The zero-order valence-corrected chi connectivity index (χ0v) is 11.4. The number of halogens is 1. The third-order valence-corrected chi connectivity index (χ3v) is 2.86. The van der Waals surface area contributed by atoms with Crippen molar-refractivity contribution in [3.63, 3.8) is 0 Å². The number of amides is 1. The van der Waals surface area contributed by atoms with Crippen LogP contribution in [0.15, 0.2) is 30.5 Å². The maximum Gasteiger partial charge on any atom is 0.341 e. The summed E-state index contributed by atoms with van der Waals surface area (Å²) in [5, 5.41) is 16.2. The molecule has 0 aliphatic heterocycles. The molecule has 0 spiro atoms. The zero-order valence-electron chi connectivity index (χ0n) is 10.6. The maximum absolute atomic E-state index is 11.2. The molecule has 0 unspecified atom stereocenters. The van der Waals surface area contributed by atoms with Crippen molar-refractivity contribution in [2.24, 2.45) is 0 Å². The molecule has 1 amide bonds. The first-order valence-electron chi connectivity index (χ1n) is 5.78. The van der Waals surface area contributed by atoms with Gasteiger partial charge in [0.25, 0.3) is 0 Å². The number of carbonyl (C=O) groups excluding carboxylic acids is 1. The number of aromatic carboxylic acids is 1. The van der Waals surface area contributed by atoms with E-state index in [1.54, 1.807) is 12.1 Å². The third-order valence-electron chi connectivity index (χ3n) is 2.61. The van der Waals surface area contributed by atoms with Gasteiger partial charge in [0.05, 0.1) is 12.7 Å². The highest BCUT2D eigenvalue weighted by Gasteiger charge is 2.17. The molecule has 0 atom stereocenters. The molecular weight excluding hydrogens is 282 g/mol. The summed E-state index contributed by atoms with van der Waals surface area (Å²) in [5.41, 5.74) is 0.843. The molecule has 6 nitrogen and oxygen atoms in total. The van der Waals surface area contributed by atoms with Crippen LogP contribution >= 0.6 is 11.6 Å². The Morgan fingerprint density at radius 2 is 2.00 bits per heavy atom. The second kappa shape index (κ2) is 5.75. The summed E-state index contributed by atoms with van der Waals surface area (Å²) in [4.78, 5) is 22.3. The van der Waals surface area contributed by atoms with Crippen molar-refractivity contribution in [3.8, 4) is 0 Å². The minimum absolute atomic E-state index is 0.0471. The van der Waals surface area contributed by atoms with E-state index in [0.717, 1.165) is 5.56 Å². The molecule has 0 bridgehead atoms. The van der Waals surface area contributed by atoms with E-state index in [9.17, 15) is 9.59 Å². The number of benzene rings is 1. The van der Waals surface area contributed by atoms with Gasteiger partial charge in [0, 0.05) is 11.9 Å². The minimum atomic E-state index is -1.14. The fourth-order valence-corrected chi connectivity index (χ4v) is 1.85. The van der Waals surface area contributed by atoms with Gasteiger partial charge in [-0.05, 0) is 17.7 Å². The Balaban J connectivity index is 2.33. The van der Waals surface area contributed by atoms with Gasteiger partial charge >= 0.3 is 5.97 Å². The molecule has 1 heterocycles. The monoisotopic (exact) mass is 293 g/mol. The van der Waals surface area contributed by atoms with Gasteiger partial charge in [0.1, 0.15) is 11.4 Å². The molecule has 0 fully saturated rings. The number of hydrogen-bond donors (Lipinski definition) is 2. The van der Waals surface area contributed by atoms with Gasteiger partial charge in [-0.25, -0.2) is 9.48 Å². The lowest BCUT2D eigenvalue weighted by atomic mass is 10.2. The minimum Gasteiger partial charge on any atom is -0.477 e. The average molecular weight is 294 g/mol. The Morgan fingerprint density at radius 1 is 1.35 bits per heavy atom. The molecule has 0 saturated carbocycles. The Morgan fingerprint density at radius 3 is 2.55 bits per heavy atom. The number of carboxylic acids is 1. The lowest BCUT2D eigenvalue weighted by Crippen LogP contribution is -2.15.